The van der Waals surface area contributed by atoms with Gasteiger partial charge in [-0.05, 0) is 18.6 Å². The van der Waals surface area contributed by atoms with Gasteiger partial charge in [-0.1, -0.05) is 6.07 Å². The van der Waals surface area contributed by atoms with E-state index < -0.39 is 11.5 Å². The maximum atomic E-state index is 11.9. The maximum Gasteiger partial charge on any atom is 0.257 e. The standard InChI is InChI=1S/C12H11N3O3/c1-7-3-2-4-13-11(7)15-12(18)8-5-9(16)14-10(17)6-8/h2-6H,1H3,(H,13,15,18)(H2,14,16,17). The van der Waals surface area contributed by atoms with Crippen LogP contribution in [-0.2, 0) is 0 Å². The molecule has 0 unspecified atom stereocenters. The molecule has 3 N–H and O–H groups in total. The van der Waals surface area contributed by atoms with Crippen LogP contribution in [0.15, 0.2) is 35.3 Å². The summed E-state index contributed by atoms with van der Waals surface area (Å²) in [5.41, 5.74) is 0.333. The lowest BCUT2D eigenvalue weighted by Crippen LogP contribution is -2.17. The molecule has 2 rings (SSSR count). The molecule has 0 fully saturated rings. The number of aryl methyl sites for hydroxylation is 1. The van der Waals surface area contributed by atoms with E-state index in [1.54, 1.807) is 25.3 Å². The average Bonchev–Trinajstić information content (AvgIpc) is 2.31. The number of H-pyrrole nitrogens is 1. The summed E-state index contributed by atoms with van der Waals surface area (Å²) >= 11 is 0. The smallest absolute Gasteiger partial charge is 0.257 e. The van der Waals surface area contributed by atoms with Gasteiger partial charge in [-0.3, -0.25) is 14.6 Å². The van der Waals surface area contributed by atoms with Crippen molar-refractivity contribution in [1.29, 1.82) is 0 Å². The SMILES string of the molecule is Cc1cccnc1NC(=O)c1cc(O)[nH]c(=O)c1. The largest absolute Gasteiger partial charge is 0.494 e. The minimum absolute atomic E-state index is 0.0707. The van der Waals surface area contributed by atoms with Crippen LogP contribution in [0.2, 0.25) is 0 Å². The van der Waals surface area contributed by atoms with Crippen LogP contribution in [-0.4, -0.2) is 21.0 Å². The van der Waals surface area contributed by atoms with Crippen LogP contribution in [0.1, 0.15) is 15.9 Å². The van der Waals surface area contributed by atoms with Gasteiger partial charge in [0.2, 0.25) is 0 Å². The molecule has 0 atom stereocenters. The lowest BCUT2D eigenvalue weighted by atomic mass is 10.2. The van der Waals surface area contributed by atoms with Crippen molar-refractivity contribution < 1.29 is 9.90 Å². The second-order valence-electron chi connectivity index (χ2n) is 3.74. The van der Waals surface area contributed by atoms with Crippen molar-refractivity contribution in [1.82, 2.24) is 9.97 Å². The van der Waals surface area contributed by atoms with E-state index in [0.29, 0.717) is 5.82 Å². The number of aromatic nitrogens is 2. The van der Waals surface area contributed by atoms with Gasteiger partial charge in [0.1, 0.15) is 5.82 Å². The van der Waals surface area contributed by atoms with Crippen LogP contribution < -0.4 is 10.9 Å². The highest BCUT2D eigenvalue weighted by atomic mass is 16.3. The van der Waals surface area contributed by atoms with Gasteiger partial charge in [-0.25, -0.2) is 4.98 Å². The first-order valence-corrected chi connectivity index (χ1v) is 5.22. The van der Waals surface area contributed by atoms with Crippen molar-refractivity contribution in [2.45, 2.75) is 6.92 Å². The summed E-state index contributed by atoms with van der Waals surface area (Å²) in [6.45, 7) is 1.80. The summed E-state index contributed by atoms with van der Waals surface area (Å²) in [5, 5.41) is 11.8. The van der Waals surface area contributed by atoms with E-state index in [4.69, 9.17) is 0 Å². The van der Waals surface area contributed by atoms with E-state index in [1.165, 1.54) is 6.07 Å². The number of hydrogen-bond acceptors (Lipinski definition) is 4. The molecule has 0 saturated heterocycles. The summed E-state index contributed by atoms with van der Waals surface area (Å²) < 4.78 is 0. The van der Waals surface area contributed by atoms with Gasteiger partial charge in [-0.15, -0.1) is 0 Å². The van der Waals surface area contributed by atoms with Gasteiger partial charge in [-0.2, -0.15) is 0 Å². The Balaban J connectivity index is 2.28. The van der Waals surface area contributed by atoms with Gasteiger partial charge >= 0.3 is 0 Å². The molecule has 6 nitrogen and oxygen atoms in total. The third-order valence-corrected chi connectivity index (χ3v) is 2.33. The van der Waals surface area contributed by atoms with Crippen LogP contribution >= 0.6 is 0 Å². The molecule has 2 heterocycles. The number of hydrogen-bond donors (Lipinski definition) is 3. The summed E-state index contributed by atoms with van der Waals surface area (Å²) in [7, 11) is 0. The van der Waals surface area contributed by atoms with E-state index in [0.717, 1.165) is 11.6 Å². The Kier molecular flexibility index (Phi) is 3.09. The van der Waals surface area contributed by atoms with Crippen LogP contribution in [0.5, 0.6) is 5.88 Å². The summed E-state index contributed by atoms with van der Waals surface area (Å²) in [4.78, 5) is 29.1. The molecule has 0 spiro atoms. The zero-order chi connectivity index (χ0) is 13.1. The zero-order valence-corrected chi connectivity index (χ0v) is 9.60. The van der Waals surface area contributed by atoms with Crippen molar-refractivity contribution >= 4 is 11.7 Å². The Morgan fingerprint density at radius 3 is 2.89 bits per heavy atom. The molecule has 92 valence electrons. The lowest BCUT2D eigenvalue weighted by molar-refractivity contribution is 0.102. The van der Waals surface area contributed by atoms with Gasteiger partial charge in [0.15, 0.2) is 5.88 Å². The third kappa shape index (κ3) is 2.54. The maximum absolute atomic E-state index is 11.9. The molecule has 0 bridgehead atoms. The highest BCUT2D eigenvalue weighted by Gasteiger charge is 2.10. The number of nitrogens with one attached hydrogen (secondary N) is 2. The molecule has 0 aromatic carbocycles. The van der Waals surface area contributed by atoms with Gasteiger partial charge in [0, 0.05) is 18.3 Å². The molecule has 0 aliphatic carbocycles. The Bertz CT molecular complexity index is 649. The fraction of sp³-hybridized carbons (Fsp3) is 0.0833. The Morgan fingerprint density at radius 1 is 1.44 bits per heavy atom. The van der Waals surface area contributed by atoms with Crippen LogP contribution in [0.25, 0.3) is 0 Å². The van der Waals surface area contributed by atoms with E-state index >= 15 is 0 Å². The first-order valence-electron chi connectivity index (χ1n) is 5.22. The number of aromatic amines is 1. The molecule has 2 aromatic heterocycles. The Hall–Kier alpha value is -2.63. The molecule has 2 aromatic rings. The molecular weight excluding hydrogens is 234 g/mol. The number of anilines is 1. The summed E-state index contributed by atoms with van der Waals surface area (Å²) in [6, 6.07) is 5.84. The zero-order valence-electron chi connectivity index (χ0n) is 9.60. The quantitative estimate of drug-likeness (QED) is 0.736. The van der Waals surface area contributed by atoms with Crippen molar-refractivity contribution in [3.05, 3.63) is 51.9 Å². The number of carbonyl (C=O) groups excluding carboxylic acids is 1. The monoisotopic (exact) mass is 245 g/mol. The third-order valence-electron chi connectivity index (χ3n) is 2.33. The van der Waals surface area contributed by atoms with E-state index in [9.17, 15) is 14.7 Å². The molecule has 0 saturated carbocycles. The van der Waals surface area contributed by atoms with Crippen molar-refractivity contribution in [2.75, 3.05) is 5.32 Å². The molecule has 0 aliphatic heterocycles. The summed E-state index contributed by atoms with van der Waals surface area (Å²) in [6.07, 6.45) is 1.55. The second-order valence-corrected chi connectivity index (χ2v) is 3.74. The number of rotatable bonds is 2. The fourth-order valence-electron chi connectivity index (χ4n) is 1.46. The van der Waals surface area contributed by atoms with Crippen molar-refractivity contribution in [3.8, 4) is 5.88 Å². The second kappa shape index (κ2) is 4.70. The fourth-order valence-corrected chi connectivity index (χ4v) is 1.46. The van der Waals surface area contributed by atoms with Crippen LogP contribution in [0.3, 0.4) is 0 Å². The number of aromatic hydroxyl groups is 1. The van der Waals surface area contributed by atoms with E-state index in [-0.39, 0.29) is 11.4 Å². The minimum Gasteiger partial charge on any atom is -0.494 e. The molecule has 0 aliphatic rings. The molecular formula is C12H11N3O3. The number of amides is 1. The van der Waals surface area contributed by atoms with Crippen molar-refractivity contribution in [2.24, 2.45) is 0 Å². The minimum atomic E-state index is -0.544. The Labute approximate surface area is 102 Å². The lowest BCUT2D eigenvalue weighted by Gasteiger charge is -2.06. The number of carbonyl (C=O) groups is 1. The van der Waals surface area contributed by atoms with Gasteiger partial charge in [0.25, 0.3) is 11.5 Å². The predicted octanol–water partition coefficient (Wildman–Crippen LogP) is 1.04. The normalized spacial score (nSPS) is 10.1. The van der Waals surface area contributed by atoms with Gasteiger partial charge in [0.05, 0.1) is 5.56 Å². The average molecular weight is 245 g/mol. The van der Waals surface area contributed by atoms with Crippen LogP contribution in [0, 0.1) is 6.92 Å². The van der Waals surface area contributed by atoms with Crippen LogP contribution in [0.4, 0.5) is 5.82 Å². The first-order chi connectivity index (χ1) is 8.56. The topological polar surface area (TPSA) is 95.1 Å². The van der Waals surface area contributed by atoms with E-state index in [2.05, 4.69) is 15.3 Å². The van der Waals surface area contributed by atoms with E-state index in [1.807, 2.05) is 0 Å². The molecule has 6 heteroatoms. The molecule has 1 amide bonds. The highest BCUT2D eigenvalue weighted by Crippen LogP contribution is 2.12. The summed E-state index contributed by atoms with van der Waals surface area (Å²) in [5.74, 6) is -0.439. The first kappa shape index (κ1) is 11.8. The predicted molar refractivity (Wildman–Crippen MR) is 65.7 cm³/mol. The number of pyridine rings is 2. The highest BCUT2D eigenvalue weighted by molar-refractivity contribution is 6.04. The Morgan fingerprint density at radius 2 is 2.22 bits per heavy atom. The van der Waals surface area contributed by atoms with Crippen molar-refractivity contribution in [3.63, 3.8) is 0 Å². The number of nitrogens with zero attached hydrogens (tertiary/aromatic N) is 1. The molecule has 0 radical (unpaired) electrons. The molecule has 18 heavy (non-hydrogen) atoms. The van der Waals surface area contributed by atoms with Gasteiger partial charge < -0.3 is 10.4 Å².